The van der Waals surface area contributed by atoms with Crippen molar-refractivity contribution >= 4 is 16.0 Å². The molecule has 0 saturated heterocycles. The fourth-order valence-corrected chi connectivity index (χ4v) is 2.69. The molecule has 0 heterocycles. The van der Waals surface area contributed by atoms with Gasteiger partial charge in [-0.3, -0.25) is 4.79 Å². The summed E-state index contributed by atoms with van der Waals surface area (Å²) in [5.41, 5.74) is -0.616. The van der Waals surface area contributed by atoms with E-state index in [4.69, 9.17) is 4.74 Å². The van der Waals surface area contributed by atoms with E-state index in [2.05, 4.69) is 4.72 Å². The van der Waals surface area contributed by atoms with Crippen LogP contribution in [0.4, 0.5) is 0 Å². The smallest absolute Gasteiger partial charge is 0.324 e. The Balaban J connectivity index is 4.38. The Kier molecular flexibility index (Phi) is 6.29. The summed E-state index contributed by atoms with van der Waals surface area (Å²) in [4.78, 5) is 11.6. The quantitative estimate of drug-likeness (QED) is 0.751. The highest BCUT2D eigenvalue weighted by atomic mass is 32.2. The van der Waals surface area contributed by atoms with Gasteiger partial charge in [-0.25, -0.2) is 13.1 Å². The van der Waals surface area contributed by atoms with Crippen LogP contribution in [0.15, 0.2) is 0 Å². The minimum Gasteiger partial charge on any atom is -0.459 e. The van der Waals surface area contributed by atoms with Crippen LogP contribution in [-0.2, 0) is 19.6 Å². The van der Waals surface area contributed by atoms with E-state index in [0.717, 1.165) is 0 Å². The zero-order chi connectivity index (χ0) is 14.6. The molecule has 0 aromatic heterocycles. The lowest BCUT2D eigenvalue weighted by atomic mass is 10.2. The van der Waals surface area contributed by atoms with Crippen molar-refractivity contribution in [3.63, 3.8) is 0 Å². The molecule has 0 spiro atoms. The van der Waals surface area contributed by atoms with Gasteiger partial charge in [0.15, 0.2) is 0 Å². The van der Waals surface area contributed by atoms with E-state index in [1.54, 1.807) is 20.8 Å². The molecule has 0 aromatic carbocycles. The molecule has 0 fully saturated rings. The van der Waals surface area contributed by atoms with Crippen molar-refractivity contribution in [3.8, 4) is 0 Å². The second-order valence-corrected chi connectivity index (χ2v) is 7.75. The predicted octanol–water partition coefficient (Wildman–Crippen LogP) is 1.68. The Hall–Kier alpha value is -0.620. The Bertz CT molecular complexity index is 368. The van der Waals surface area contributed by atoms with Gasteiger partial charge in [0.1, 0.15) is 11.6 Å². The lowest BCUT2D eigenvalue weighted by molar-refractivity contribution is -0.156. The number of hydrogen-bond acceptors (Lipinski definition) is 4. The van der Waals surface area contributed by atoms with Crippen LogP contribution in [0.5, 0.6) is 0 Å². The molecular weight excluding hydrogens is 254 g/mol. The second kappa shape index (κ2) is 6.52. The maximum Gasteiger partial charge on any atom is 0.324 e. The summed E-state index contributed by atoms with van der Waals surface area (Å²) >= 11 is 0. The number of hydrogen-bond donors (Lipinski definition) is 1. The molecule has 0 unspecified atom stereocenters. The van der Waals surface area contributed by atoms with Gasteiger partial charge in [0.25, 0.3) is 0 Å². The first-order valence-electron chi connectivity index (χ1n) is 6.16. The summed E-state index contributed by atoms with van der Waals surface area (Å²) in [6.07, 6.45) is 0.566. The lowest BCUT2D eigenvalue weighted by Crippen LogP contribution is -2.43. The van der Waals surface area contributed by atoms with Crippen LogP contribution in [0.25, 0.3) is 0 Å². The van der Waals surface area contributed by atoms with Crippen molar-refractivity contribution < 1.29 is 17.9 Å². The van der Waals surface area contributed by atoms with Gasteiger partial charge >= 0.3 is 5.97 Å². The van der Waals surface area contributed by atoms with Crippen molar-refractivity contribution in [3.05, 3.63) is 0 Å². The largest absolute Gasteiger partial charge is 0.459 e. The molecular formula is C12H25NO4S. The number of rotatable bonds is 6. The third-order valence-corrected chi connectivity index (χ3v) is 3.57. The molecule has 0 aliphatic heterocycles. The monoisotopic (exact) mass is 279 g/mol. The minimum absolute atomic E-state index is 0.0256. The van der Waals surface area contributed by atoms with E-state index in [0.29, 0.717) is 12.3 Å². The molecule has 0 saturated carbocycles. The molecule has 108 valence electrons. The highest BCUT2D eigenvalue weighted by Gasteiger charge is 2.25. The maximum atomic E-state index is 11.7. The van der Waals surface area contributed by atoms with Gasteiger partial charge in [-0.15, -0.1) is 0 Å². The van der Waals surface area contributed by atoms with Crippen LogP contribution in [0.1, 0.15) is 48.0 Å². The fraction of sp³-hybridized carbons (Fsp3) is 0.917. The van der Waals surface area contributed by atoms with Crippen LogP contribution < -0.4 is 4.72 Å². The van der Waals surface area contributed by atoms with Crippen molar-refractivity contribution in [2.75, 3.05) is 5.75 Å². The average molecular weight is 279 g/mol. The fourth-order valence-electron chi connectivity index (χ4n) is 1.16. The Morgan fingerprint density at radius 3 is 2.11 bits per heavy atom. The molecule has 0 radical (unpaired) electrons. The summed E-state index contributed by atoms with van der Waals surface area (Å²) in [5.74, 6) is -0.230. The first-order chi connectivity index (χ1) is 7.93. The zero-order valence-electron chi connectivity index (χ0n) is 12.1. The third kappa shape index (κ3) is 8.47. The minimum atomic E-state index is -3.43. The van der Waals surface area contributed by atoms with Gasteiger partial charge < -0.3 is 4.74 Å². The van der Waals surface area contributed by atoms with E-state index >= 15 is 0 Å². The molecule has 1 N–H and O–H groups in total. The molecule has 0 aliphatic rings. The molecule has 0 amide bonds. The highest BCUT2D eigenvalue weighted by Crippen LogP contribution is 2.09. The molecule has 6 heteroatoms. The highest BCUT2D eigenvalue weighted by molar-refractivity contribution is 7.89. The summed E-state index contributed by atoms with van der Waals surface area (Å²) in [6, 6.07) is -0.860. The Morgan fingerprint density at radius 1 is 1.22 bits per heavy atom. The Labute approximate surface area is 110 Å². The van der Waals surface area contributed by atoms with Crippen molar-refractivity contribution in [2.45, 2.75) is 59.6 Å². The molecule has 0 bridgehead atoms. The molecule has 0 aromatic rings. The summed E-state index contributed by atoms with van der Waals surface area (Å²) in [5, 5.41) is 0. The van der Waals surface area contributed by atoms with E-state index in [-0.39, 0.29) is 5.75 Å². The van der Waals surface area contributed by atoms with E-state index < -0.39 is 27.6 Å². The average Bonchev–Trinajstić information content (AvgIpc) is 2.11. The third-order valence-electron chi connectivity index (χ3n) is 2.08. The molecule has 5 nitrogen and oxygen atoms in total. The molecule has 18 heavy (non-hydrogen) atoms. The normalized spacial score (nSPS) is 14.6. The van der Waals surface area contributed by atoms with Gasteiger partial charge in [-0.05, 0) is 40.0 Å². The Morgan fingerprint density at radius 2 is 1.72 bits per heavy atom. The van der Waals surface area contributed by atoms with Crippen LogP contribution in [0.2, 0.25) is 0 Å². The van der Waals surface area contributed by atoms with Crippen molar-refractivity contribution in [2.24, 2.45) is 5.92 Å². The summed E-state index contributed by atoms with van der Waals surface area (Å²) < 4.78 is 30.8. The molecule has 0 aliphatic carbocycles. The van der Waals surface area contributed by atoms with E-state index in [9.17, 15) is 13.2 Å². The van der Waals surface area contributed by atoms with Crippen LogP contribution in [0.3, 0.4) is 0 Å². The first-order valence-corrected chi connectivity index (χ1v) is 7.81. The number of carbonyl (C=O) groups is 1. The maximum absolute atomic E-state index is 11.7. The van der Waals surface area contributed by atoms with E-state index in [1.165, 1.54) is 6.92 Å². The number of ether oxygens (including phenoxy) is 1. The van der Waals surface area contributed by atoms with Gasteiger partial charge in [0.05, 0.1) is 5.75 Å². The summed E-state index contributed by atoms with van der Waals surface area (Å²) in [7, 11) is -3.43. The SMILES string of the molecule is CC(C)CCS(=O)(=O)N[C@@H](C)C(=O)OC(C)(C)C. The van der Waals surface area contributed by atoms with Gasteiger partial charge in [0.2, 0.25) is 10.0 Å². The summed E-state index contributed by atoms with van der Waals surface area (Å²) in [6.45, 7) is 10.6. The van der Waals surface area contributed by atoms with Gasteiger partial charge in [0, 0.05) is 0 Å². The first kappa shape index (κ1) is 17.4. The zero-order valence-corrected chi connectivity index (χ0v) is 12.9. The van der Waals surface area contributed by atoms with Gasteiger partial charge in [-0.1, -0.05) is 13.8 Å². The van der Waals surface area contributed by atoms with Crippen LogP contribution in [0, 0.1) is 5.92 Å². The van der Waals surface area contributed by atoms with E-state index in [1.807, 2.05) is 13.8 Å². The van der Waals surface area contributed by atoms with Crippen molar-refractivity contribution in [1.82, 2.24) is 4.72 Å². The second-order valence-electron chi connectivity index (χ2n) is 5.87. The topological polar surface area (TPSA) is 72.5 Å². The van der Waals surface area contributed by atoms with Crippen LogP contribution >= 0.6 is 0 Å². The number of sulfonamides is 1. The number of carbonyl (C=O) groups excluding carboxylic acids is 1. The standard InChI is InChI=1S/C12H25NO4S/c1-9(2)7-8-18(15,16)13-10(3)11(14)17-12(4,5)6/h9-10,13H,7-8H2,1-6H3/t10-/m0/s1. The predicted molar refractivity (Wildman–Crippen MR) is 71.7 cm³/mol. The number of nitrogens with one attached hydrogen (secondary N) is 1. The van der Waals surface area contributed by atoms with Crippen LogP contribution in [-0.4, -0.2) is 31.8 Å². The van der Waals surface area contributed by atoms with Gasteiger partial charge in [-0.2, -0.15) is 0 Å². The molecule has 1 atom stereocenters. The lowest BCUT2D eigenvalue weighted by Gasteiger charge is -2.22. The van der Waals surface area contributed by atoms with Crippen molar-refractivity contribution in [1.29, 1.82) is 0 Å². The molecule has 0 rings (SSSR count). The number of esters is 1.